The molecule has 4 rings (SSSR count). The summed E-state index contributed by atoms with van der Waals surface area (Å²) in [7, 11) is 0. The van der Waals surface area contributed by atoms with Crippen molar-refractivity contribution in [1.82, 2.24) is 10.6 Å². The Labute approximate surface area is 148 Å². The average molecular weight is 336 g/mol. The highest BCUT2D eigenvalue weighted by Crippen LogP contribution is 2.31. The highest BCUT2D eigenvalue weighted by atomic mass is 16.5. The van der Waals surface area contributed by atoms with E-state index in [1.54, 1.807) is 0 Å². The van der Waals surface area contributed by atoms with Crippen LogP contribution < -0.4 is 15.4 Å². The van der Waals surface area contributed by atoms with Gasteiger partial charge in [0.25, 0.3) is 0 Å². The molecule has 2 N–H and O–H groups in total. The summed E-state index contributed by atoms with van der Waals surface area (Å²) < 4.78 is 5.86. The van der Waals surface area contributed by atoms with Crippen LogP contribution in [0.15, 0.2) is 48.5 Å². The van der Waals surface area contributed by atoms with E-state index < -0.39 is 0 Å². The van der Waals surface area contributed by atoms with E-state index in [0.29, 0.717) is 19.0 Å². The van der Waals surface area contributed by atoms with Crippen LogP contribution in [-0.4, -0.2) is 25.2 Å². The molecule has 4 heteroatoms. The van der Waals surface area contributed by atoms with Crippen molar-refractivity contribution < 1.29 is 9.53 Å². The number of carbonyl (C=O) groups excluding carboxylic acids is 1. The number of carbonyl (C=O) groups is 1. The third kappa shape index (κ3) is 3.63. The second kappa shape index (κ2) is 7.18. The molecule has 2 aromatic carbocycles. The van der Waals surface area contributed by atoms with Crippen LogP contribution in [0.3, 0.4) is 0 Å². The van der Waals surface area contributed by atoms with E-state index in [1.165, 1.54) is 23.1 Å². The first kappa shape index (κ1) is 16.0. The molecule has 0 saturated heterocycles. The maximum absolute atomic E-state index is 12.1. The summed E-state index contributed by atoms with van der Waals surface area (Å²) >= 11 is 0. The minimum absolute atomic E-state index is 0.0264. The SMILES string of the molecule is O=C(NC[C@H]1Cc2ccccc2O1)NC[C@H]1CCCc2ccccc21. The third-order valence-corrected chi connectivity index (χ3v) is 5.21. The number of fused-ring (bicyclic) bond motifs is 2. The molecule has 0 saturated carbocycles. The van der Waals surface area contributed by atoms with Crippen molar-refractivity contribution in [2.24, 2.45) is 0 Å². The summed E-state index contributed by atoms with van der Waals surface area (Å²) in [6, 6.07) is 16.5. The summed E-state index contributed by atoms with van der Waals surface area (Å²) in [6.07, 6.45) is 4.36. The lowest BCUT2D eigenvalue weighted by atomic mass is 9.83. The van der Waals surface area contributed by atoms with E-state index in [-0.39, 0.29) is 12.1 Å². The number of urea groups is 1. The highest BCUT2D eigenvalue weighted by molar-refractivity contribution is 5.74. The first-order chi connectivity index (χ1) is 12.3. The zero-order valence-corrected chi connectivity index (χ0v) is 14.3. The molecule has 2 aromatic rings. The molecular weight excluding hydrogens is 312 g/mol. The predicted molar refractivity (Wildman–Crippen MR) is 98.1 cm³/mol. The number of benzene rings is 2. The summed E-state index contributed by atoms with van der Waals surface area (Å²) in [5, 5.41) is 5.98. The highest BCUT2D eigenvalue weighted by Gasteiger charge is 2.23. The normalized spacial score (nSPS) is 21.0. The van der Waals surface area contributed by atoms with E-state index in [4.69, 9.17) is 4.74 Å². The number of nitrogens with one attached hydrogen (secondary N) is 2. The van der Waals surface area contributed by atoms with Gasteiger partial charge in [0.15, 0.2) is 0 Å². The van der Waals surface area contributed by atoms with E-state index in [2.05, 4.69) is 41.0 Å². The van der Waals surface area contributed by atoms with Crippen molar-refractivity contribution in [3.05, 3.63) is 65.2 Å². The zero-order chi connectivity index (χ0) is 17.1. The van der Waals surface area contributed by atoms with E-state index >= 15 is 0 Å². The first-order valence-corrected chi connectivity index (χ1v) is 9.13. The van der Waals surface area contributed by atoms with Gasteiger partial charge in [-0.3, -0.25) is 0 Å². The van der Waals surface area contributed by atoms with Gasteiger partial charge in [-0.1, -0.05) is 42.5 Å². The maximum atomic E-state index is 12.1. The number of ether oxygens (including phenoxy) is 1. The Morgan fingerprint density at radius 3 is 2.64 bits per heavy atom. The fourth-order valence-corrected chi connectivity index (χ4v) is 3.92. The molecule has 25 heavy (non-hydrogen) atoms. The van der Waals surface area contributed by atoms with Gasteiger partial charge in [-0.25, -0.2) is 4.79 Å². The van der Waals surface area contributed by atoms with Crippen LogP contribution in [0.1, 0.15) is 35.4 Å². The molecule has 1 aliphatic heterocycles. The number of para-hydroxylation sites is 1. The molecule has 1 heterocycles. The van der Waals surface area contributed by atoms with Crippen molar-refractivity contribution in [2.45, 2.75) is 37.7 Å². The van der Waals surface area contributed by atoms with Crippen molar-refractivity contribution in [1.29, 1.82) is 0 Å². The topological polar surface area (TPSA) is 50.4 Å². The molecule has 2 atom stereocenters. The van der Waals surface area contributed by atoms with Crippen molar-refractivity contribution in [3.8, 4) is 5.75 Å². The molecule has 130 valence electrons. The van der Waals surface area contributed by atoms with Crippen molar-refractivity contribution in [2.75, 3.05) is 13.1 Å². The van der Waals surface area contributed by atoms with Crippen LogP contribution >= 0.6 is 0 Å². The van der Waals surface area contributed by atoms with Crippen LogP contribution in [0.5, 0.6) is 5.75 Å². The quantitative estimate of drug-likeness (QED) is 0.899. The minimum Gasteiger partial charge on any atom is -0.488 e. The molecule has 0 spiro atoms. The number of hydrogen-bond acceptors (Lipinski definition) is 2. The molecule has 1 aliphatic carbocycles. The molecule has 0 aromatic heterocycles. The van der Waals surface area contributed by atoms with Crippen LogP contribution in [0.25, 0.3) is 0 Å². The maximum Gasteiger partial charge on any atom is 0.314 e. The Morgan fingerprint density at radius 2 is 1.76 bits per heavy atom. The molecule has 0 radical (unpaired) electrons. The zero-order valence-electron chi connectivity index (χ0n) is 14.3. The molecule has 0 fully saturated rings. The van der Waals surface area contributed by atoms with E-state index in [0.717, 1.165) is 25.0 Å². The Kier molecular flexibility index (Phi) is 4.59. The van der Waals surface area contributed by atoms with Gasteiger partial charge in [-0.05, 0) is 42.0 Å². The number of aryl methyl sites for hydroxylation is 1. The Morgan fingerprint density at radius 1 is 1.00 bits per heavy atom. The molecule has 2 aliphatic rings. The average Bonchev–Trinajstić information content (AvgIpc) is 3.07. The van der Waals surface area contributed by atoms with Gasteiger partial charge in [-0.2, -0.15) is 0 Å². The van der Waals surface area contributed by atoms with Crippen LogP contribution in [0.4, 0.5) is 4.79 Å². The number of rotatable bonds is 4. The molecule has 0 unspecified atom stereocenters. The number of hydrogen-bond donors (Lipinski definition) is 2. The monoisotopic (exact) mass is 336 g/mol. The Hall–Kier alpha value is -2.49. The van der Waals surface area contributed by atoms with Gasteiger partial charge in [0.05, 0.1) is 6.54 Å². The summed E-state index contributed by atoms with van der Waals surface area (Å²) in [6.45, 7) is 1.22. The van der Waals surface area contributed by atoms with Crippen molar-refractivity contribution in [3.63, 3.8) is 0 Å². The van der Waals surface area contributed by atoms with Crippen LogP contribution in [0, 0.1) is 0 Å². The third-order valence-electron chi connectivity index (χ3n) is 5.21. The summed E-state index contributed by atoms with van der Waals surface area (Å²) in [5.74, 6) is 1.36. The minimum atomic E-state index is -0.109. The van der Waals surface area contributed by atoms with Crippen molar-refractivity contribution >= 4 is 6.03 Å². The second-order valence-corrected chi connectivity index (χ2v) is 6.93. The molecular formula is C21H24N2O2. The van der Waals surface area contributed by atoms with Gasteiger partial charge < -0.3 is 15.4 Å². The number of amides is 2. The van der Waals surface area contributed by atoms with E-state index in [1.807, 2.05) is 18.2 Å². The first-order valence-electron chi connectivity index (χ1n) is 9.13. The second-order valence-electron chi connectivity index (χ2n) is 6.93. The van der Waals surface area contributed by atoms with Gasteiger partial charge in [0, 0.05) is 18.9 Å². The van der Waals surface area contributed by atoms with Crippen LogP contribution in [0.2, 0.25) is 0 Å². The Balaban J connectivity index is 1.24. The lowest BCUT2D eigenvalue weighted by Crippen LogP contribution is -2.42. The molecule has 4 nitrogen and oxygen atoms in total. The lowest BCUT2D eigenvalue weighted by molar-refractivity contribution is 0.213. The van der Waals surface area contributed by atoms with E-state index in [9.17, 15) is 4.79 Å². The Bertz CT molecular complexity index is 734. The summed E-state index contributed by atoms with van der Waals surface area (Å²) in [5.41, 5.74) is 4.04. The standard InChI is InChI=1S/C21H24N2O2/c24-21(23-14-18-12-16-7-2-4-11-20(16)25-18)22-13-17-9-5-8-15-6-1-3-10-19(15)17/h1-4,6-7,10-11,17-18H,5,8-9,12-14H2,(H2,22,23,24)/t17-,18-/m1/s1. The van der Waals surface area contributed by atoms with Gasteiger partial charge in [0.1, 0.15) is 11.9 Å². The van der Waals surface area contributed by atoms with Gasteiger partial charge in [0.2, 0.25) is 0 Å². The molecule has 0 bridgehead atoms. The van der Waals surface area contributed by atoms with Gasteiger partial charge >= 0.3 is 6.03 Å². The van der Waals surface area contributed by atoms with Gasteiger partial charge in [-0.15, -0.1) is 0 Å². The lowest BCUT2D eigenvalue weighted by Gasteiger charge is -2.25. The van der Waals surface area contributed by atoms with Crippen LogP contribution in [-0.2, 0) is 12.8 Å². The summed E-state index contributed by atoms with van der Waals surface area (Å²) in [4.78, 5) is 12.1. The largest absolute Gasteiger partial charge is 0.488 e. The fraction of sp³-hybridized carbons (Fsp3) is 0.381. The fourth-order valence-electron chi connectivity index (χ4n) is 3.92. The smallest absolute Gasteiger partial charge is 0.314 e. The molecule has 2 amide bonds. The predicted octanol–water partition coefficient (Wildman–Crippen LogP) is 3.41.